The van der Waals surface area contributed by atoms with Crippen molar-refractivity contribution in [2.24, 2.45) is 11.7 Å². The molecule has 0 aromatic heterocycles. The highest BCUT2D eigenvalue weighted by atomic mass is 16.5. The van der Waals surface area contributed by atoms with Crippen molar-refractivity contribution in [1.29, 1.82) is 0 Å². The standard InChI is InChI=1S/C16H23NO2/c1-13(6-5-9-17)10-15-11-18-12-16(19-15)14-7-3-2-4-8-14/h2-3,7,11-13H,4-6,8-10,17H2,1H3. The summed E-state index contributed by atoms with van der Waals surface area (Å²) in [6.07, 6.45) is 14.9. The molecule has 3 nitrogen and oxygen atoms in total. The van der Waals surface area contributed by atoms with Crippen molar-refractivity contribution in [2.75, 3.05) is 6.54 Å². The van der Waals surface area contributed by atoms with Crippen molar-refractivity contribution >= 4 is 0 Å². The number of hydrogen-bond acceptors (Lipinski definition) is 3. The molecule has 0 aromatic rings. The molecule has 1 aliphatic heterocycles. The molecule has 0 saturated heterocycles. The normalized spacial score (nSPS) is 19.8. The SMILES string of the molecule is CC(CCCN)CC1=COC=C(C2=CC=CCC2)O1. The number of allylic oxidation sites excluding steroid dienone is 5. The maximum atomic E-state index is 5.94. The minimum absolute atomic E-state index is 0.568. The Bertz CT molecular complexity index is 418. The van der Waals surface area contributed by atoms with E-state index in [1.165, 1.54) is 5.57 Å². The predicted octanol–water partition coefficient (Wildman–Crippen LogP) is 3.76. The molecular weight excluding hydrogens is 238 g/mol. The van der Waals surface area contributed by atoms with Gasteiger partial charge in [0.15, 0.2) is 5.76 Å². The highest BCUT2D eigenvalue weighted by Crippen LogP contribution is 2.29. The minimum atomic E-state index is 0.568. The Morgan fingerprint density at radius 1 is 1.37 bits per heavy atom. The molecular formula is C16H23NO2. The van der Waals surface area contributed by atoms with Crippen LogP contribution in [-0.4, -0.2) is 6.54 Å². The van der Waals surface area contributed by atoms with Gasteiger partial charge >= 0.3 is 0 Å². The van der Waals surface area contributed by atoms with Crippen molar-refractivity contribution in [3.8, 4) is 0 Å². The first-order valence-electron chi connectivity index (χ1n) is 7.08. The lowest BCUT2D eigenvalue weighted by atomic mass is 10.0. The van der Waals surface area contributed by atoms with E-state index in [0.717, 1.165) is 50.2 Å². The summed E-state index contributed by atoms with van der Waals surface area (Å²) in [6.45, 7) is 2.98. The Kier molecular flexibility index (Phi) is 5.28. The molecule has 3 heteroatoms. The Balaban J connectivity index is 1.86. The summed E-state index contributed by atoms with van der Waals surface area (Å²) in [5, 5.41) is 0. The molecule has 2 aliphatic rings. The summed E-state index contributed by atoms with van der Waals surface area (Å²) in [5.41, 5.74) is 6.75. The molecule has 2 rings (SSSR count). The zero-order valence-electron chi connectivity index (χ0n) is 11.6. The van der Waals surface area contributed by atoms with Crippen molar-refractivity contribution in [2.45, 2.75) is 39.0 Å². The molecule has 0 bridgehead atoms. The topological polar surface area (TPSA) is 44.5 Å². The zero-order valence-corrected chi connectivity index (χ0v) is 11.6. The van der Waals surface area contributed by atoms with Crippen LogP contribution in [-0.2, 0) is 9.47 Å². The fraction of sp³-hybridized carbons (Fsp3) is 0.500. The first-order chi connectivity index (χ1) is 9.29. The Morgan fingerprint density at radius 3 is 3.00 bits per heavy atom. The quantitative estimate of drug-likeness (QED) is 0.791. The van der Waals surface area contributed by atoms with E-state index < -0.39 is 0 Å². The van der Waals surface area contributed by atoms with Gasteiger partial charge < -0.3 is 15.2 Å². The molecule has 104 valence electrons. The van der Waals surface area contributed by atoms with Gasteiger partial charge in [-0.25, -0.2) is 0 Å². The molecule has 1 heterocycles. The van der Waals surface area contributed by atoms with Gasteiger partial charge in [0.25, 0.3) is 0 Å². The van der Waals surface area contributed by atoms with Crippen LogP contribution in [0, 0.1) is 5.92 Å². The third-order valence-corrected chi connectivity index (χ3v) is 3.40. The molecule has 0 radical (unpaired) electrons. The molecule has 0 aromatic carbocycles. The second-order valence-electron chi connectivity index (χ2n) is 5.20. The summed E-state index contributed by atoms with van der Waals surface area (Å²) in [4.78, 5) is 0. The summed E-state index contributed by atoms with van der Waals surface area (Å²) in [6, 6.07) is 0. The Labute approximate surface area is 115 Å². The van der Waals surface area contributed by atoms with Crippen LogP contribution >= 0.6 is 0 Å². The maximum absolute atomic E-state index is 5.94. The average molecular weight is 261 g/mol. The monoisotopic (exact) mass is 261 g/mol. The lowest BCUT2D eigenvalue weighted by Crippen LogP contribution is -2.08. The van der Waals surface area contributed by atoms with E-state index in [0.29, 0.717) is 5.92 Å². The molecule has 2 N–H and O–H groups in total. The van der Waals surface area contributed by atoms with E-state index in [-0.39, 0.29) is 0 Å². The van der Waals surface area contributed by atoms with Gasteiger partial charge in [-0.2, -0.15) is 0 Å². The van der Waals surface area contributed by atoms with Crippen LogP contribution in [0.2, 0.25) is 0 Å². The van der Waals surface area contributed by atoms with E-state index in [2.05, 4.69) is 25.2 Å². The van der Waals surface area contributed by atoms with Gasteiger partial charge in [0, 0.05) is 6.42 Å². The van der Waals surface area contributed by atoms with Gasteiger partial charge in [0.05, 0.1) is 0 Å². The largest absolute Gasteiger partial charge is 0.465 e. The third-order valence-electron chi connectivity index (χ3n) is 3.40. The zero-order chi connectivity index (χ0) is 13.5. The van der Waals surface area contributed by atoms with Crippen LogP contribution < -0.4 is 5.73 Å². The Hall–Kier alpha value is -1.48. The summed E-state index contributed by atoms with van der Waals surface area (Å²) < 4.78 is 11.4. The summed E-state index contributed by atoms with van der Waals surface area (Å²) >= 11 is 0. The first kappa shape index (κ1) is 13.9. The number of rotatable bonds is 6. The molecule has 0 spiro atoms. The number of nitrogens with two attached hydrogens (primary N) is 1. The van der Waals surface area contributed by atoms with E-state index in [9.17, 15) is 0 Å². The average Bonchev–Trinajstić information content (AvgIpc) is 2.46. The van der Waals surface area contributed by atoms with E-state index in [1.807, 2.05) is 0 Å². The molecule has 0 saturated carbocycles. The summed E-state index contributed by atoms with van der Waals surface area (Å²) in [5.74, 6) is 2.34. The van der Waals surface area contributed by atoms with Crippen LogP contribution in [0.4, 0.5) is 0 Å². The fourth-order valence-corrected chi connectivity index (χ4v) is 2.31. The van der Waals surface area contributed by atoms with Gasteiger partial charge in [-0.05, 0) is 43.7 Å². The lowest BCUT2D eigenvalue weighted by molar-refractivity contribution is 0.208. The molecule has 19 heavy (non-hydrogen) atoms. The fourth-order valence-electron chi connectivity index (χ4n) is 2.31. The van der Waals surface area contributed by atoms with Crippen molar-refractivity contribution in [3.05, 3.63) is 47.8 Å². The van der Waals surface area contributed by atoms with Crippen LogP contribution in [0.5, 0.6) is 0 Å². The highest BCUT2D eigenvalue weighted by molar-refractivity contribution is 5.33. The van der Waals surface area contributed by atoms with Crippen LogP contribution in [0.3, 0.4) is 0 Å². The van der Waals surface area contributed by atoms with E-state index in [1.54, 1.807) is 12.5 Å². The van der Waals surface area contributed by atoms with Gasteiger partial charge in [-0.1, -0.05) is 25.2 Å². The van der Waals surface area contributed by atoms with Gasteiger partial charge in [0.2, 0.25) is 0 Å². The van der Waals surface area contributed by atoms with Crippen LogP contribution in [0.1, 0.15) is 39.0 Å². The number of hydrogen-bond donors (Lipinski definition) is 1. The highest BCUT2D eigenvalue weighted by Gasteiger charge is 2.16. The van der Waals surface area contributed by atoms with Gasteiger partial charge in [-0.3, -0.25) is 0 Å². The maximum Gasteiger partial charge on any atom is 0.165 e. The van der Waals surface area contributed by atoms with Crippen molar-refractivity contribution in [1.82, 2.24) is 0 Å². The van der Waals surface area contributed by atoms with Crippen LogP contribution in [0.25, 0.3) is 0 Å². The lowest BCUT2D eigenvalue weighted by Gasteiger charge is -2.21. The van der Waals surface area contributed by atoms with Crippen molar-refractivity contribution in [3.63, 3.8) is 0 Å². The second kappa shape index (κ2) is 7.19. The molecule has 0 amide bonds. The van der Waals surface area contributed by atoms with Crippen molar-refractivity contribution < 1.29 is 9.47 Å². The third kappa shape index (κ3) is 4.28. The van der Waals surface area contributed by atoms with Gasteiger partial charge in [0.1, 0.15) is 18.3 Å². The van der Waals surface area contributed by atoms with E-state index >= 15 is 0 Å². The smallest absolute Gasteiger partial charge is 0.165 e. The molecule has 1 unspecified atom stereocenters. The second-order valence-corrected chi connectivity index (χ2v) is 5.20. The number of ether oxygens (including phenoxy) is 2. The van der Waals surface area contributed by atoms with Crippen LogP contribution in [0.15, 0.2) is 47.8 Å². The first-order valence-corrected chi connectivity index (χ1v) is 7.08. The molecule has 0 fully saturated rings. The van der Waals surface area contributed by atoms with E-state index in [4.69, 9.17) is 15.2 Å². The Morgan fingerprint density at radius 2 is 2.26 bits per heavy atom. The predicted molar refractivity (Wildman–Crippen MR) is 76.9 cm³/mol. The molecule has 1 aliphatic carbocycles. The van der Waals surface area contributed by atoms with Gasteiger partial charge in [-0.15, -0.1) is 0 Å². The molecule has 1 atom stereocenters. The summed E-state index contributed by atoms with van der Waals surface area (Å²) in [7, 11) is 0. The minimum Gasteiger partial charge on any atom is -0.465 e.